The summed E-state index contributed by atoms with van der Waals surface area (Å²) >= 11 is 0. The first-order chi connectivity index (χ1) is 6.49. The smallest absolute Gasteiger partial charge is 0.336 e. The molecule has 0 aliphatic heterocycles. The Balaban J connectivity index is 3.50. The third-order valence-electron chi connectivity index (χ3n) is 2.25. The minimum atomic E-state index is -0.993. The van der Waals surface area contributed by atoms with Crippen molar-refractivity contribution in [1.29, 1.82) is 0 Å². The summed E-state index contributed by atoms with van der Waals surface area (Å²) in [5.74, 6) is -0.449. The van der Waals surface area contributed by atoms with Crippen LogP contribution in [0.4, 0.5) is 5.69 Å². The van der Waals surface area contributed by atoms with Gasteiger partial charge in [-0.3, -0.25) is 0 Å². The van der Waals surface area contributed by atoms with Gasteiger partial charge in [-0.25, -0.2) is 4.79 Å². The van der Waals surface area contributed by atoms with E-state index in [9.17, 15) is 4.79 Å². The predicted octanol–water partition coefficient (Wildman–Crippen LogP) is 1.59. The Hall–Kier alpha value is -1.71. The Morgan fingerprint density at radius 1 is 1.43 bits per heavy atom. The first kappa shape index (κ1) is 10.4. The van der Waals surface area contributed by atoms with Crippen molar-refractivity contribution in [3.63, 3.8) is 0 Å². The monoisotopic (exact) mass is 195 g/mol. The summed E-state index contributed by atoms with van der Waals surface area (Å²) in [5, 5.41) is 8.89. The Kier molecular flexibility index (Phi) is 2.65. The summed E-state index contributed by atoms with van der Waals surface area (Å²) in [6.45, 7) is 3.50. The number of carboxylic acids is 1. The van der Waals surface area contributed by atoms with Crippen molar-refractivity contribution >= 4 is 11.7 Å². The van der Waals surface area contributed by atoms with Crippen LogP contribution in [0.15, 0.2) is 6.07 Å². The maximum atomic E-state index is 10.8. The minimum absolute atomic E-state index is 0.185. The molecule has 1 aromatic rings. The summed E-state index contributed by atoms with van der Waals surface area (Å²) < 4.78 is 5.10. The molecule has 0 heterocycles. The van der Waals surface area contributed by atoms with Crippen molar-refractivity contribution in [2.75, 3.05) is 12.8 Å². The Morgan fingerprint density at radius 3 is 2.43 bits per heavy atom. The molecule has 0 aromatic heterocycles. The summed E-state index contributed by atoms with van der Waals surface area (Å²) in [6, 6.07) is 1.45. The second-order valence-corrected chi connectivity index (χ2v) is 3.10. The van der Waals surface area contributed by atoms with Gasteiger partial charge in [0, 0.05) is 16.8 Å². The highest BCUT2D eigenvalue weighted by atomic mass is 16.5. The van der Waals surface area contributed by atoms with Crippen LogP contribution in [0.5, 0.6) is 5.75 Å². The van der Waals surface area contributed by atoms with Crippen LogP contribution in [0, 0.1) is 13.8 Å². The van der Waals surface area contributed by atoms with Crippen LogP contribution in [0.3, 0.4) is 0 Å². The highest BCUT2D eigenvalue weighted by molar-refractivity contribution is 5.92. The molecule has 4 heteroatoms. The maximum absolute atomic E-state index is 10.8. The normalized spacial score (nSPS) is 9.93. The van der Waals surface area contributed by atoms with E-state index >= 15 is 0 Å². The molecular formula is C10H13NO3. The Bertz CT molecular complexity index is 385. The first-order valence-electron chi connectivity index (χ1n) is 4.16. The SMILES string of the molecule is COc1c(C)c(N)cc(C(=O)O)c1C. The van der Waals surface area contributed by atoms with Gasteiger partial charge >= 0.3 is 5.97 Å². The first-order valence-corrected chi connectivity index (χ1v) is 4.16. The van der Waals surface area contributed by atoms with Crippen molar-refractivity contribution in [3.05, 3.63) is 22.8 Å². The lowest BCUT2D eigenvalue weighted by atomic mass is 10.0. The number of methoxy groups -OCH3 is 1. The molecule has 0 saturated carbocycles. The van der Waals surface area contributed by atoms with Crippen LogP contribution in [0.1, 0.15) is 21.5 Å². The lowest BCUT2D eigenvalue weighted by Crippen LogP contribution is -2.05. The van der Waals surface area contributed by atoms with Gasteiger partial charge in [0.05, 0.1) is 12.7 Å². The number of nitrogen functional groups attached to an aromatic ring is 1. The van der Waals surface area contributed by atoms with Crippen LogP contribution in [0.2, 0.25) is 0 Å². The molecule has 14 heavy (non-hydrogen) atoms. The topological polar surface area (TPSA) is 72.5 Å². The molecule has 0 saturated heterocycles. The molecule has 0 fully saturated rings. The second kappa shape index (κ2) is 3.57. The van der Waals surface area contributed by atoms with Gasteiger partial charge < -0.3 is 15.6 Å². The average molecular weight is 195 g/mol. The number of carboxylic acid groups (broad SMARTS) is 1. The molecule has 0 bridgehead atoms. The number of aromatic carboxylic acids is 1. The van der Waals surface area contributed by atoms with Crippen molar-refractivity contribution in [2.45, 2.75) is 13.8 Å². The molecule has 0 amide bonds. The van der Waals surface area contributed by atoms with Gasteiger partial charge in [0.2, 0.25) is 0 Å². The Morgan fingerprint density at radius 2 is 2.00 bits per heavy atom. The number of hydrogen-bond donors (Lipinski definition) is 2. The van der Waals surface area contributed by atoms with Crippen LogP contribution in [-0.4, -0.2) is 18.2 Å². The average Bonchev–Trinajstić information content (AvgIpc) is 2.12. The number of anilines is 1. The van der Waals surface area contributed by atoms with E-state index in [2.05, 4.69) is 0 Å². The number of carbonyl (C=O) groups is 1. The summed E-state index contributed by atoms with van der Waals surface area (Å²) in [5.41, 5.74) is 7.66. The molecule has 4 nitrogen and oxygen atoms in total. The molecule has 0 aliphatic carbocycles. The van der Waals surface area contributed by atoms with Crippen molar-refractivity contribution < 1.29 is 14.6 Å². The molecule has 3 N–H and O–H groups in total. The van der Waals surface area contributed by atoms with Gasteiger partial charge in [-0.1, -0.05) is 0 Å². The van der Waals surface area contributed by atoms with Gasteiger partial charge in [-0.15, -0.1) is 0 Å². The summed E-state index contributed by atoms with van der Waals surface area (Å²) in [6.07, 6.45) is 0. The van der Waals surface area contributed by atoms with Crippen LogP contribution < -0.4 is 10.5 Å². The zero-order chi connectivity index (χ0) is 10.9. The van der Waals surface area contributed by atoms with E-state index in [0.717, 1.165) is 5.56 Å². The van der Waals surface area contributed by atoms with Crippen molar-refractivity contribution in [3.8, 4) is 5.75 Å². The number of hydrogen-bond acceptors (Lipinski definition) is 3. The van der Waals surface area contributed by atoms with E-state index < -0.39 is 5.97 Å². The van der Waals surface area contributed by atoms with Gasteiger partial charge in [0.15, 0.2) is 0 Å². The number of benzene rings is 1. The van der Waals surface area contributed by atoms with E-state index in [1.54, 1.807) is 13.8 Å². The van der Waals surface area contributed by atoms with Gasteiger partial charge in [0.1, 0.15) is 5.75 Å². The second-order valence-electron chi connectivity index (χ2n) is 3.10. The maximum Gasteiger partial charge on any atom is 0.336 e. The zero-order valence-electron chi connectivity index (χ0n) is 8.42. The Labute approximate surface area is 82.3 Å². The quantitative estimate of drug-likeness (QED) is 0.703. The van der Waals surface area contributed by atoms with Gasteiger partial charge in [-0.2, -0.15) is 0 Å². The zero-order valence-corrected chi connectivity index (χ0v) is 8.42. The fourth-order valence-corrected chi connectivity index (χ4v) is 1.43. The third-order valence-corrected chi connectivity index (χ3v) is 2.25. The standard InChI is InChI=1S/C10H13NO3/c1-5-7(10(12)13)4-8(11)6(2)9(5)14-3/h4H,11H2,1-3H3,(H,12,13). The fourth-order valence-electron chi connectivity index (χ4n) is 1.43. The highest BCUT2D eigenvalue weighted by Crippen LogP contribution is 2.30. The lowest BCUT2D eigenvalue weighted by Gasteiger charge is -2.12. The number of rotatable bonds is 2. The molecular weight excluding hydrogens is 182 g/mol. The van der Waals surface area contributed by atoms with Gasteiger partial charge in [-0.05, 0) is 19.9 Å². The predicted molar refractivity (Wildman–Crippen MR) is 53.8 cm³/mol. The lowest BCUT2D eigenvalue weighted by molar-refractivity contribution is 0.0695. The largest absolute Gasteiger partial charge is 0.496 e. The van der Waals surface area contributed by atoms with Crippen molar-refractivity contribution in [1.82, 2.24) is 0 Å². The molecule has 0 aliphatic rings. The number of ether oxygens (including phenoxy) is 1. The van der Waals surface area contributed by atoms with Crippen LogP contribution in [0.25, 0.3) is 0 Å². The van der Waals surface area contributed by atoms with Crippen LogP contribution >= 0.6 is 0 Å². The van der Waals surface area contributed by atoms with Gasteiger partial charge in [0.25, 0.3) is 0 Å². The fraction of sp³-hybridized carbons (Fsp3) is 0.300. The number of nitrogens with two attached hydrogens (primary N) is 1. The molecule has 1 rings (SSSR count). The summed E-state index contributed by atoms with van der Waals surface area (Å²) in [7, 11) is 1.50. The van der Waals surface area contributed by atoms with Crippen LogP contribution in [-0.2, 0) is 0 Å². The minimum Gasteiger partial charge on any atom is -0.496 e. The highest BCUT2D eigenvalue weighted by Gasteiger charge is 2.15. The van der Waals surface area contributed by atoms with Crippen molar-refractivity contribution in [2.24, 2.45) is 0 Å². The summed E-state index contributed by atoms with van der Waals surface area (Å²) in [4.78, 5) is 10.8. The van der Waals surface area contributed by atoms with E-state index in [-0.39, 0.29) is 5.56 Å². The van der Waals surface area contributed by atoms with E-state index in [1.807, 2.05) is 0 Å². The third kappa shape index (κ3) is 1.51. The van der Waals surface area contributed by atoms with E-state index in [4.69, 9.17) is 15.6 Å². The molecule has 0 unspecified atom stereocenters. The molecule has 0 radical (unpaired) electrons. The molecule has 0 spiro atoms. The van der Waals surface area contributed by atoms with E-state index in [0.29, 0.717) is 17.0 Å². The molecule has 0 atom stereocenters. The molecule has 1 aromatic carbocycles. The van der Waals surface area contributed by atoms with E-state index in [1.165, 1.54) is 13.2 Å². The molecule has 76 valence electrons.